The number of nitrogens with two attached hydrogens (primary N) is 1. The van der Waals surface area contributed by atoms with Gasteiger partial charge in [-0.05, 0) is 30.7 Å². The number of thiocarbonyl (C=S) groups is 1. The Hall–Kier alpha value is -0.700. The third-order valence-electron chi connectivity index (χ3n) is 2.82. The smallest absolute Gasteiger partial charge is 0.242 e. The van der Waals surface area contributed by atoms with Gasteiger partial charge in [0, 0.05) is 18.0 Å². The summed E-state index contributed by atoms with van der Waals surface area (Å²) in [7, 11) is -3.62. The topological polar surface area (TPSA) is 85.1 Å². The van der Waals surface area contributed by atoms with Gasteiger partial charge in [-0.1, -0.05) is 12.2 Å². The van der Waals surface area contributed by atoms with Crippen LogP contribution in [0.3, 0.4) is 0 Å². The van der Waals surface area contributed by atoms with Gasteiger partial charge in [0.1, 0.15) is 15.6 Å². The lowest BCUT2D eigenvalue weighted by Gasteiger charge is -2.12. The SMILES string of the molecule is NC(=S)c1ncccc1S(=O)(=O)NCC1CCCS1. The fraction of sp³-hybridized carbons (Fsp3) is 0.455. The maximum absolute atomic E-state index is 12.2. The van der Waals surface area contributed by atoms with Crippen molar-refractivity contribution in [2.45, 2.75) is 23.0 Å². The Morgan fingerprint density at radius 1 is 1.63 bits per heavy atom. The fourth-order valence-electron chi connectivity index (χ4n) is 1.88. The van der Waals surface area contributed by atoms with Crippen molar-refractivity contribution < 1.29 is 8.42 Å². The van der Waals surface area contributed by atoms with Crippen LogP contribution in [0.4, 0.5) is 0 Å². The molecule has 2 heterocycles. The molecule has 0 amide bonds. The molecule has 0 spiro atoms. The van der Waals surface area contributed by atoms with Gasteiger partial charge >= 0.3 is 0 Å². The molecule has 1 aromatic heterocycles. The second-order valence-electron chi connectivity index (χ2n) is 4.20. The maximum Gasteiger partial charge on any atom is 0.242 e. The van der Waals surface area contributed by atoms with E-state index in [1.54, 1.807) is 17.8 Å². The first-order valence-electron chi connectivity index (χ1n) is 5.87. The molecule has 104 valence electrons. The molecule has 1 aliphatic rings. The average Bonchev–Trinajstić information content (AvgIpc) is 2.89. The molecule has 0 saturated carbocycles. The predicted octanol–water partition coefficient (Wildman–Crippen LogP) is 0.890. The van der Waals surface area contributed by atoms with E-state index in [9.17, 15) is 8.42 Å². The highest BCUT2D eigenvalue weighted by Crippen LogP contribution is 2.25. The zero-order valence-electron chi connectivity index (χ0n) is 10.2. The van der Waals surface area contributed by atoms with Crippen molar-refractivity contribution >= 4 is 39.0 Å². The number of hydrogen-bond donors (Lipinski definition) is 2. The number of nitrogens with zero attached hydrogens (tertiary/aromatic N) is 1. The van der Waals surface area contributed by atoms with Crippen LogP contribution in [0.15, 0.2) is 23.2 Å². The van der Waals surface area contributed by atoms with Crippen LogP contribution in [0.1, 0.15) is 18.5 Å². The van der Waals surface area contributed by atoms with E-state index in [1.807, 2.05) is 0 Å². The van der Waals surface area contributed by atoms with Gasteiger partial charge < -0.3 is 5.73 Å². The Labute approximate surface area is 122 Å². The zero-order chi connectivity index (χ0) is 13.9. The van der Waals surface area contributed by atoms with Crippen molar-refractivity contribution in [1.29, 1.82) is 0 Å². The molecule has 1 aromatic rings. The maximum atomic E-state index is 12.2. The van der Waals surface area contributed by atoms with Crippen LogP contribution in [0.2, 0.25) is 0 Å². The van der Waals surface area contributed by atoms with Crippen molar-refractivity contribution in [3.63, 3.8) is 0 Å². The van der Waals surface area contributed by atoms with Crippen LogP contribution in [-0.4, -0.2) is 35.9 Å². The Balaban J connectivity index is 2.17. The summed E-state index contributed by atoms with van der Waals surface area (Å²) in [6, 6.07) is 3.02. The second kappa shape index (κ2) is 6.17. The highest BCUT2D eigenvalue weighted by Gasteiger charge is 2.23. The summed E-state index contributed by atoms with van der Waals surface area (Å²) in [5.74, 6) is 1.09. The van der Waals surface area contributed by atoms with Crippen LogP contribution in [0, 0.1) is 0 Å². The monoisotopic (exact) mass is 317 g/mol. The molecule has 1 saturated heterocycles. The van der Waals surface area contributed by atoms with Gasteiger partial charge in [-0.3, -0.25) is 4.98 Å². The predicted molar refractivity (Wildman–Crippen MR) is 80.8 cm³/mol. The number of pyridine rings is 1. The van der Waals surface area contributed by atoms with E-state index in [2.05, 4.69) is 9.71 Å². The van der Waals surface area contributed by atoms with E-state index >= 15 is 0 Å². The van der Waals surface area contributed by atoms with Gasteiger partial charge in [0.2, 0.25) is 10.0 Å². The average molecular weight is 317 g/mol. The van der Waals surface area contributed by atoms with Crippen LogP contribution in [0.25, 0.3) is 0 Å². The summed E-state index contributed by atoms with van der Waals surface area (Å²) in [5.41, 5.74) is 5.64. The highest BCUT2D eigenvalue weighted by molar-refractivity contribution is 8.00. The normalized spacial score (nSPS) is 19.5. The number of rotatable bonds is 5. The van der Waals surface area contributed by atoms with E-state index in [-0.39, 0.29) is 15.6 Å². The first-order valence-corrected chi connectivity index (χ1v) is 8.81. The molecular formula is C11H15N3O2S3. The van der Waals surface area contributed by atoms with Gasteiger partial charge in [0.15, 0.2) is 0 Å². The number of hydrogen-bond acceptors (Lipinski definition) is 5. The van der Waals surface area contributed by atoms with Crippen LogP contribution >= 0.6 is 24.0 Å². The third-order valence-corrected chi connectivity index (χ3v) is 5.87. The summed E-state index contributed by atoms with van der Waals surface area (Å²) in [6.45, 7) is 0.429. The Morgan fingerprint density at radius 3 is 3.05 bits per heavy atom. The molecule has 0 aromatic carbocycles. The lowest BCUT2D eigenvalue weighted by atomic mass is 10.2. The van der Waals surface area contributed by atoms with Gasteiger partial charge in [-0.2, -0.15) is 11.8 Å². The summed E-state index contributed by atoms with van der Waals surface area (Å²) in [6.07, 6.45) is 3.66. The Bertz CT molecular complexity index is 568. The number of sulfonamides is 1. The molecule has 1 atom stereocenters. The minimum Gasteiger partial charge on any atom is -0.388 e. The zero-order valence-corrected chi connectivity index (χ0v) is 12.7. The highest BCUT2D eigenvalue weighted by atomic mass is 32.2. The van der Waals surface area contributed by atoms with Gasteiger partial charge in [-0.25, -0.2) is 13.1 Å². The van der Waals surface area contributed by atoms with Gasteiger partial charge in [-0.15, -0.1) is 0 Å². The van der Waals surface area contributed by atoms with Crippen molar-refractivity contribution in [3.8, 4) is 0 Å². The van der Waals surface area contributed by atoms with E-state index < -0.39 is 10.0 Å². The number of thioether (sulfide) groups is 1. The van der Waals surface area contributed by atoms with Crippen molar-refractivity contribution in [2.75, 3.05) is 12.3 Å². The number of nitrogens with one attached hydrogen (secondary N) is 1. The number of aromatic nitrogens is 1. The quantitative estimate of drug-likeness (QED) is 0.785. The summed E-state index contributed by atoms with van der Waals surface area (Å²) in [4.78, 5) is 3.96. The van der Waals surface area contributed by atoms with E-state index in [0.717, 1.165) is 18.6 Å². The molecule has 0 radical (unpaired) electrons. The van der Waals surface area contributed by atoms with Crippen molar-refractivity contribution in [1.82, 2.24) is 9.71 Å². The third kappa shape index (κ3) is 3.65. The van der Waals surface area contributed by atoms with Crippen LogP contribution in [0.5, 0.6) is 0 Å². The largest absolute Gasteiger partial charge is 0.388 e. The molecule has 2 rings (SSSR count). The van der Waals surface area contributed by atoms with Crippen molar-refractivity contribution in [2.24, 2.45) is 5.73 Å². The Morgan fingerprint density at radius 2 is 2.42 bits per heavy atom. The summed E-state index contributed by atoms with van der Waals surface area (Å²) < 4.78 is 27.1. The lowest BCUT2D eigenvalue weighted by molar-refractivity contribution is 0.578. The fourth-order valence-corrected chi connectivity index (χ4v) is 4.66. The van der Waals surface area contributed by atoms with E-state index in [1.165, 1.54) is 12.3 Å². The lowest BCUT2D eigenvalue weighted by Crippen LogP contribution is -2.31. The molecule has 5 nitrogen and oxygen atoms in total. The molecule has 8 heteroatoms. The minimum atomic E-state index is -3.62. The molecule has 19 heavy (non-hydrogen) atoms. The minimum absolute atomic E-state index is 0.0174. The summed E-state index contributed by atoms with van der Waals surface area (Å²) in [5, 5.41) is 0.347. The molecule has 1 aliphatic heterocycles. The standard InChI is InChI=1S/C11H15N3O2S3/c12-11(17)10-9(4-1-5-13-10)19(15,16)14-7-8-3-2-6-18-8/h1,4-5,8,14H,2-3,6-7H2,(H2,12,17). The van der Waals surface area contributed by atoms with Crippen molar-refractivity contribution in [3.05, 3.63) is 24.0 Å². The van der Waals surface area contributed by atoms with Crippen LogP contribution in [-0.2, 0) is 10.0 Å². The van der Waals surface area contributed by atoms with Gasteiger partial charge in [0.05, 0.1) is 0 Å². The van der Waals surface area contributed by atoms with E-state index in [0.29, 0.717) is 11.8 Å². The molecule has 0 aliphatic carbocycles. The molecule has 0 bridgehead atoms. The molecule has 1 unspecified atom stereocenters. The Kier molecular flexibility index (Phi) is 4.77. The first kappa shape index (κ1) is 14.7. The van der Waals surface area contributed by atoms with Crippen LogP contribution < -0.4 is 10.5 Å². The second-order valence-corrected chi connectivity index (χ2v) is 7.78. The summed E-state index contributed by atoms with van der Waals surface area (Å²) >= 11 is 6.62. The molecule has 1 fully saturated rings. The first-order chi connectivity index (χ1) is 9.00. The molecule has 3 N–H and O–H groups in total. The molecular weight excluding hydrogens is 302 g/mol. The van der Waals surface area contributed by atoms with E-state index in [4.69, 9.17) is 18.0 Å². The van der Waals surface area contributed by atoms with Gasteiger partial charge in [0.25, 0.3) is 0 Å².